The van der Waals surface area contributed by atoms with Crippen LogP contribution >= 0.6 is 11.3 Å². The van der Waals surface area contributed by atoms with Crippen molar-refractivity contribution in [1.29, 1.82) is 0 Å². The van der Waals surface area contributed by atoms with Gasteiger partial charge < -0.3 is 10.3 Å². The van der Waals surface area contributed by atoms with Crippen molar-refractivity contribution >= 4 is 48.4 Å². The van der Waals surface area contributed by atoms with E-state index in [1.165, 1.54) is 89.7 Å². The summed E-state index contributed by atoms with van der Waals surface area (Å²) >= 11 is 1.83. The maximum atomic E-state index is 10.2. The number of thiophene rings is 1. The molecule has 0 atom stereocenters. The lowest BCUT2D eigenvalue weighted by molar-refractivity contribution is 0.472. The number of nitrogens with zero attached hydrogens (tertiary/aromatic N) is 2. The Morgan fingerprint density at radius 1 is 0.947 bits per heavy atom. The van der Waals surface area contributed by atoms with E-state index in [2.05, 4.69) is 76.1 Å². The van der Waals surface area contributed by atoms with Crippen LogP contribution in [0, 0.1) is 0 Å². The molecule has 0 aliphatic heterocycles. The lowest BCUT2D eigenvalue weighted by Gasteiger charge is -2.08. The van der Waals surface area contributed by atoms with Gasteiger partial charge in [-0.25, -0.2) is 8.96 Å². The maximum Gasteiger partial charge on any atom is 0.364 e. The van der Waals surface area contributed by atoms with Crippen LogP contribution in [-0.2, 0) is 10.3 Å². The number of aromatic nitrogens is 3. The van der Waals surface area contributed by atoms with E-state index in [0.29, 0.717) is 3.97 Å². The number of hydrogen-bond acceptors (Lipinski definition) is 5. The summed E-state index contributed by atoms with van der Waals surface area (Å²) in [6, 6.07) is 17.4. The Morgan fingerprint density at radius 2 is 1.63 bits per heavy atom. The zero-order valence-electron chi connectivity index (χ0n) is 21.8. The lowest BCUT2D eigenvalue weighted by Crippen LogP contribution is -2.07. The summed E-state index contributed by atoms with van der Waals surface area (Å²) in [6.45, 7) is 3.31. The Hall–Kier alpha value is -3.14. The largest absolute Gasteiger partial charge is 0.371 e. The van der Waals surface area contributed by atoms with Crippen molar-refractivity contribution in [3.63, 3.8) is 0 Å². The van der Waals surface area contributed by atoms with Crippen LogP contribution in [0.3, 0.4) is 0 Å². The molecule has 0 saturated carbocycles. The fourth-order valence-corrected chi connectivity index (χ4v) is 5.91. The lowest BCUT2D eigenvalue weighted by atomic mass is 10.0. The van der Waals surface area contributed by atoms with Crippen molar-refractivity contribution in [2.45, 2.75) is 58.3 Å². The smallest absolute Gasteiger partial charge is 0.364 e. The van der Waals surface area contributed by atoms with Gasteiger partial charge in [0.25, 0.3) is 0 Å². The average Bonchev–Trinajstić information content (AvgIpc) is 3.66. The molecule has 0 amide bonds. The van der Waals surface area contributed by atoms with E-state index in [4.69, 9.17) is 4.55 Å². The summed E-state index contributed by atoms with van der Waals surface area (Å²) in [4.78, 5) is 7.05. The Kier molecular flexibility index (Phi) is 9.98. The predicted molar refractivity (Wildman–Crippen MR) is 159 cm³/mol. The van der Waals surface area contributed by atoms with Crippen LogP contribution in [0.2, 0.25) is 0 Å². The molecule has 0 fully saturated rings. The van der Waals surface area contributed by atoms with Crippen LogP contribution in [0.25, 0.3) is 32.1 Å². The predicted octanol–water partition coefficient (Wildman–Crippen LogP) is 8.14. The van der Waals surface area contributed by atoms with Gasteiger partial charge in [-0.2, -0.15) is 8.42 Å². The van der Waals surface area contributed by atoms with Gasteiger partial charge in [0, 0.05) is 51.1 Å². The molecule has 5 rings (SSSR count). The third kappa shape index (κ3) is 7.24. The van der Waals surface area contributed by atoms with Crippen LogP contribution in [-0.4, -0.2) is 33.5 Å². The van der Waals surface area contributed by atoms with Gasteiger partial charge in [0.15, 0.2) is 0 Å². The van der Waals surface area contributed by atoms with Crippen LogP contribution in [0.1, 0.15) is 58.3 Å². The minimum absolute atomic E-state index is 0.604. The highest BCUT2D eigenvalue weighted by Crippen LogP contribution is 2.41. The zero-order valence-corrected chi connectivity index (χ0v) is 23.4. The molecule has 3 aromatic heterocycles. The van der Waals surface area contributed by atoms with E-state index >= 15 is 0 Å². The number of para-hydroxylation sites is 1. The van der Waals surface area contributed by atoms with Crippen molar-refractivity contribution in [3.05, 3.63) is 72.6 Å². The molecule has 38 heavy (non-hydrogen) atoms. The van der Waals surface area contributed by atoms with Crippen LogP contribution < -0.4 is 5.32 Å². The molecule has 0 unspecified atom stereocenters. The van der Waals surface area contributed by atoms with Gasteiger partial charge >= 0.3 is 10.3 Å². The van der Waals surface area contributed by atoms with Crippen molar-refractivity contribution in [3.8, 4) is 11.1 Å². The normalized spacial score (nSPS) is 11.5. The van der Waals surface area contributed by atoms with Crippen molar-refractivity contribution in [1.82, 2.24) is 13.9 Å². The quantitative estimate of drug-likeness (QED) is 0.107. The van der Waals surface area contributed by atoms with Crippen LogP contribution in [0.15, 0.2) is 72.6 Å². The molecular formula is C29H36N4O3S2. The van der Waals surface area contributed by atoms with Gasteiger partial charge in [-0.1, -0.05) is 88.3 Å². The molecule has 0 saturated heterocycles. The van der Waals surface area contributed by atoms with Crippen LogP contribution in [0.4, 0.5) is 5.82 Å². The molecule has 202 valence electrons. The monoisotopic (exact) mass is 552 g/mol. The number of anilines is 1. The number of imidazole rings is 1. The van der Waals surface area contributed by atoms with Gasteiger partial charge in [0.05, 0.1) is 0 Å². The Bertz CT molecular complexity index is 1520. The maximum absolute atomic E-state index is 10.2. The first kappa shape index (κ1) is 27.9. The summed E-state index contributed by atoms with van der Waals surface area (Å²) < 4.78 is 30.6. The van der Waals surface area contributed by atoms with E-state index < -0.39 is 10.3 Å². The van der Waals surface area contributed by atoms with E-state index in [9.17, 15) is 8.42 Å². The topological polar surface area (TPSA) is 100 Å². The highest BCUT2D eigenvalue weighted by Gasteiger charge is 2.16. The van der Waals surface area contributed by atoms with Crippen molar-refractivity contribution in [2.24, 2.45) is 0 Å². The molecule has 0 aliphatic rings. The average molecular weight is 553 g/mol. The third-order valence-electron chi connectivity index (χ3n) is 6.54. The molecule has 0 aliphatic carbocycles. The highest BCUT2D eigenvalue weighted by atomic mass is 32.2. The number of hydrogen-bond donors (Lipinski definition) is 3. The molecule has 7 nitrogen and oxygen atoms in total. The second-order valence-corrected chi connectivity index (χ2v) is 11.6. The number of rotatable bonds is 12. The molecule has 0 bridgehead atoms. The summed E-state index contributed by atoms with van der Waals surface area (Å²) in [5, 5.41) is 8.67. The number of benzene rings is 2. The number of unbranched alkanes of at least 4 members (excludes halogenated alkanes) is 7. The van der Waals surface area contributed by atoms with Gasteiger partial charge in [-0.3, -0.25) is 4.55 Å². The second kappa shape index (κ2) is 13.6. The highest BCUT2D eigenvalue weighted by molar-refractivity contribution is 7.84. The Morgan fingerprint density at radius 3 is 2.32 bits per heavy atom. The molecule has 0 spiro atoms. The first-order chi connectivity index (χ1) is 18.5. The molecule has 2 aromatic carbocycles. The number of fused-ring (bicyclic) bond motifs is 2. The van der Waals surface area contributed by atoms with E-state index in [-0.39, 0.29) is 0 Å². The third-order valence-corrected chi connectivity index (χ3v) is 8.25. The first-order valence-corrected chi connectivity index (χ1v) is 15.5. The minimum atomic E-state index is -4.11. The zero-order chi connectivity index (χ0) is 26.8. The van der Waals surface area contributed by atoms with Gasteiger partial charge in [-0.05, 0) is 23.9 Å². The fourth-order valence-electron chi connectivity index (χ4n) is 4.58. The van der Waals surface area contributed by atoms with Gasteiger partial charge in [-0.15, -0.1) is 11.3 Å². The van der Waals surface area contributed by atoms with E-state index in [1.54, 1.807) is 0 Å². The van der Waals surface area contributed by atoms with Crippen molar-refractivity contribution < 1.29 is 13.0 Å². The number of nitrogens with one attached hydrogen (secondary N) is 2. The molecule has 3 N–H and O–H groups in total. The minimum Gasteiger partial charge on any atom is -0.371 e. The van der Waals surface area contributed by atoms with Gasteiger partial charge in [0.2, 0.25) is 0 Å². The van der Waals surface area contributed by atoms with E-state index in [0.717, 1.165) is 24.9 Å². The fraction of sp³-hybridized carbons (Fsp3) is 0.345. The van der Waals surface area contributed by atoms with Gasteiger partial charge in [0.1, 0.15) is 12.1 Å². The SMILES string of the molecule is CCCCCCCCCCNc1[nH]c2ccccc2c1-c1csc2ccccc12.O=S(=O)(O)n1ccnc1. The summed E-state index contributed by atoms with van der Waals surface area (Å²) in [7, 11) is -4.11. The molecule has 9 heteroatoms. The number of H-pyrrole nitrogens is 1. The second-order valence-electron chi connectivity index (χ2n) is 9.34. The Balaban J connectivity index is 0.000000317. The standard InChI is InChI=1S/C26H32N2S.C3H4N2O3S/c1-2-3-4-5-6-7-8-13-18-27-26-25(21-15-9-11-16-23(21)28-26)22-19-29-24-17-12-10-14-20(22)24;6-9(7,8)5-2-1-4-3-5/h9-12,14-17,19,27-28H,2-8,13,18H2,1H3;1-3H,(H,6,7,8). The van der Waals surface area contributed by atoms with Crippen LogP contribution in [0.5, 0.6) is 0 Å². The summed E-state index contributed by atoms with van der Waals surface area (Å²) in [5.41, 5.74) is 3.86. The summed E-state index contributed by atoms with van der Waals surface area (Å²) in [6.07, 6.45) is 14.2. The molecular weight excluding hydrogens is 516 g/mol. The molecule has 5 aromatic rings. The molecule has 3 heterocycles. The van der Waals surface area contributed by atoms with Crippen molar-refractivity contribution in [2.75, 3.05) is 11.9 Å². The number of aromatic amines is 1. The Labute approximate surface area is 228 Å². The first-order valence-electron chi connectivity index (χ1n) is 13.3. The van der Waals surface area contributed by atoms with E-state index in [1.807, 2.05) is 11.3 Å². The molecule has 0 radical (unpaired) electrons. The summed E-state index contributed by atoms with van der Waals surface area (Å²) in [5.74, 6) is 1.16.